The topological polar surface area (TPSA) is 37.3 Å². The predicted molar refractivity (Wildman–Crippen MR) is 63.8 cm³/mol. The largest absolute Gasteiger partial charge is 0.508 e. The highest BCUT2D eigenvalue weighted by Crippen LogP contribution is 2.33. The Morgan fingerprint density at radius 1 is 1.56 bits per heavy atom. The molecule has 1 aliphatic rings. The van der Waals surface area contributed by atoms with Crippen molar-refractivity contribution in [1.29, 1.82) is 0 Å². The number of aldehydes is 1. The van der Waals surface area contributed by atoms with Crippen molar-refractivity contribution < 1.29 is 9.90 Å². The van der Waals surface area contributed by atoms with Crippen LogP contribution in [0.1, 0.15) is 34.8 Å². The average molecular weight is 216 g/mol. The molecule has 2 nitrogen and oxygen atoms in total. The summed E-state index contributed by atoms with van der Waals surface area (Å²) < 4.78 is 0. The number of benzene rings is 1. The minimum atomic E-state index is 0.189. The van der Waals surface area contributed by atoms with E-state index in [0.717, 1.165) is 36.7 Å². The first-order valence-corrected chi connectivity index (χ1v) is 5.57. The highest BCUT2D eigenvalue weighted by Gasteiger charge is 2.22. The summed E-state index contributed by atoms with van der Waals surface area (Å²) in [7, 11) is 0. The Morgan fingerprint density at radius 3 is 2.94 bits per heavy atom. The molecule has 16 heavy (non-hydrogen) atoms. The lowest BCUT2D eigenvalue weighted by molar-refractivity contribution is 0.112. The molecule has 1 atom stereocenters. The molecule has 0 spiro atoms. The molecule has 0 aromatic heterocycles. The molecule has 0 unspecified atom stereocenters. The molecule has 0 saturated carbocycles. The fourth-order valence-electron chi connectivity index (χ4n) is 2.42. The van der Waals surface area contributed by atoms with Crippen LogP contribution in [0.2, 0.25) is 0 Å². The van der Waals surface area contributed by atoms with Crippen LogP contribution in [0.3, 0.4) is 0 Å². The quantitative estimate of drug-likeness (QED) is 0.609. The predicted octanol–water partition coefficient (Wildman–Crippen LogP) is 2.89. The lowest BCUT2D eigenvalue weighted by atomic mass is 9.79. The number of carbonyl (C=O) groups is 1. The third-order valence-corrected chi connectivity index (χ3v) is 3.40. The third kappa shape index (κ3) is 1.87. The normalized spacial score (nSPS) is 18.9. The zero-order valence-corrected chi connectivity index (χ0v) is 9.49. The van der Waals surface area contributed by atoms with Crippen molar-refractivity contribution in [3.8, 4) is 5.75 Å². The molecule has 2 rings (SSSR count). The maximum atomic E-state index is 11.0. The summed E-state index contributed by atoms with van der Waals surface area (Å²) in [6.45, 7) is 6.03. The number of hydrogen-bond acceptors (Lipinski definition) is 2. The summed E-state index contributed by atoms with van der Waals surface area (Å²) in [4.78, 5) is 11.0. The number of carbonyl (C=O) groups excluding carboxylic acids is 1. The van der Waals surface area contributed by atoms with Gasteiger partial charge < -0.3 is 5.11 Å². The first-order chi connectivity index (χ1) is 7.61. The number of aromatic hydroxyl groups is 1. The molecule has 0 amide bonds. The van der Waals surface area contributed by atoms with Crippen molar-refractivity contribution in [2.75, 3.05) is 0 Å². The van der Waals surface area contributed by atoms with Crippen LogP contribution in [0.4, 0.5) is 0 Å². The standard InChI is InChI=1S/C14H16O2/c1-9(2)10-3-4-11-5-13(16)6-12(8-15)14(11)7-10/h5-6,8,10,16H,1,3-4,7H2,2H3/t10-/m1/s1. The van der Waals surface area contributed by atoms with Gasteiger partial charge in [-0.3, -0.25) is 4.79 Å². The van der Waals surface area contributed by atoms with Crippen LogP contribution in [-0.2, 0) is 12.8 Å². The zero-order valence-electron chi connectivity index (χ0n) is 9.49. The summed E-state index contributed by atoms with van der Waals surface area (Å²) in [5, 5.41) is 9.50. The Balaban J connectivity index is 2.43. The number of hydrogen-bond donors (Lipinski definition) is 1. The molecule has 1 aliphatic carbocycles. The fourth-order valence-corrected chi connectivity index (χ4v) is 2.42. The molecule has 0 fully saturated rings. The van der Waals surface area contributed by atoms with Crippen molar-refractivity contribution >= 4 is 6.29 Å². The van der Waals surface area contributed by atoms with E-state index < -0.39 is 0 Å². The van der Waals surface area contributed by atoms with Gasteiger partial charge in [0.1, 0.15) is 12.0 Å². The fraction of sp³-hybridized carbons (Fsp3) is 0.357. The summed E-state index contributed by atoms with van der Waals surface area (Å²) in [6, 6.07) is 3.32. The van der Waals surface area contributed by atoms with Gasteiger partial charge in [0.05, 0.1) is 0 Å². The van der Waals surface area contributed by atoms with Crippen molar-refractivity contribution in [3.05, 3.63) is 41.0 Å². The minimum absolute atomic E-state index is 0.189. The Kier molecular flexibility index (Phi) is 2.82. The number of aryl methyl sites for hydroxylation is 1. The Morgan fingerprint density at radius 2 is 2.31 bits per heavy atom. The smallest absolute Gasteiger partial charge is 0.150 e. The van der Waals surface area contributed by atoms with Gasteiger partial charge in [0.15, 0.2) is 0 Å². The van der Waals surface area contributed by atoms with Gasteiger partial charge in [0.2, 0.25) is 0 Å². The molecule has 1 aromatic carbocycles. The average Bonchev–Trinajstić information content (AvgIpc) is 2.27. The molecule has 1 N–H and O–H groups in total. The second-order valence-corrected chi connectivity index (χ2v) is 4.58. The second-order valence-electron chi connectivity index (χ2n) is 4.58. The molecular formula is C14H16O2. The third-order valence-electron chi connectivity index (χ3n) is 3.40. The van der Waals surface area contributed by atoms with E-state index in [1.54, 1.807) is 12.1 Å². The van der Waals surface area contributed by atoms with Crippen LogP contribution in [0.15, 0.2) is 24.3 Å². The number of allylic oxidation sites excluding steroid dienone is 1. The van der Waals surface area contributed by atoms with E-state index in [9.17, 15) is 9.90 Å². The van der Waals surface area contributed by atoms with E-state index in [1.165, 1.54) is 5.57 Å². The number of fused-ring (bicyclic) bond motifs is 1. The van der Waals surface area contributed by atoms with Crippen LogP contribution in [-0.4, -0.2) is 11.4 Å². The van der Waals surface area contributed by atoms with Gasteiger partial charge in [0.25, 0.3) is 0 Å². The van der Waals surface area contributed by atoms with Crippen LogP contribution in [0, 0.1) is 5.92 Å². The van der Waals surface area contributed by atoms with Crippen LogP contribution >= 0.6 is 0 Å². The number of phenols is 1. The van der Waals surface area contributed by atoms with Gasteiger partial charge in [-0.1, -0.05) is 12.2 Å². The maximum absolute atomic E-state index is 11.0. The lowest BCUT2D eigenvalue weighted by Crippen LogP contribution is -2.16. The molecule has 0 saturated heterocycles. The van der Waals surface area contributed by atoms with Gasteiger partial charge in [-0.15, -0.1) is 0 Å². The van der Waals surface area contributed by atoms with Crippen LogP contribution < -0.4 is 0 Å². The van der Waals surface area contributed by atoms with Gasteiger partial charge >= 0.3 is 0 Å². The SMILES string of the molecule is C=C(C)[C@@H]1CCc2cc(O)cc(C=O)c2C1. The molecule has 0 aliphatic heterocycles. The van der Waals surface area contributed by atoms with E-state index in [1.807, 2.05) is 6.92 Å². The number of phenolic OH excluding ortho intramolecular Hbond substituents is 1. The lowest BCUT2D eigenvalue weighted by Gasteiger charge is -2.26. The summed E-state index contributed by atoms with van der Waals surface area (Å²) in [5.41, 5.74) is 4.00. The van der Waals surface area contributed by atoms with Gasteiger partial charge in [-0.25, -0.2) is 0 Å². The second kappa shape index (κ2) is 4.12. The Hall–Kier alpha value is -1.57. The highest BCUT2D eigenvalue weighted by atomic mass is 16.3. The van der Waals surface area contributed by atoms with E-state index in [-0.39, 0.29) is 5.75 Å². The zero-order chi connectivity index (χ0) is 11.7. The van der Waals surface area contributed by atoms with Crippen molar-refractivity contribution in [3.63, 3.8) is 0 Å². The monoisotopic (exact) mass is 216 g/mol. The Bertz CT molecular complexity index is 446. The molecular weight excluding hydrogens is 200 g/mol. The Labute approximate surface area is 95.6 Å². The molecule has 0 bridgehead atoms. The summed E-state index contributed by atoms with van der Waals surface area (Å²) in [6.07, 6.45) is 3.69. The van der Waals surface area contributed by atoms with E-state index in [4.69, 9.17) is 0 Å². The van der Waals surface area contributed by atoms with Crippen LogP contribution in [0.25, 0.3) is 0 Å². The molecule has 0 radical (unpaired) electrons. The minimum Gasteiger partial charge on any atom is -0.508 e. The molecule has 2 heteroatoms. The van der Waals surface area contributed by atoms with Crippen molar-refractivity contribution in [2.24, 2.45) is 5.92 Å². The molecule has 84 valence electrons. The van der Waals surface area contributed by atoms with E-state index >= 15 is 0 Å². The van der Waals surface area contributed by atoms with Gasteiger partial charge in [-0.2, -0.15) is 0 Å². The van der Waals surface area contributed by atoms with E-state index in [2.05, 4.69) is 6.58 Å². The summed E-state index contributed by atoms with van der Waals surface area (Å²) in [5.74, 6) is 0.658. The summed E-state index contributed by atoms with van der Waals surface area (Å²) >= 11 is 0. The molecule has 0 heterocycles. The van der Waals surface area contributed by atoms with E-state index in [0.29, 0.717) is 11.5 Å². The van der Waals surface area contributed by atoms with Crippen molar-refractivity contribution in [1.82, 2.24) is 0 Å². The first kappa shape index (κ1) is 10.9. The van der Waals surface area contributed by atoms with Gasteiger partial charge in [-0.05, 0) is 55.4 Å². The number of rotatable bonds is 2. The first-order valence-electron chi connectivity index (χ1n) is 5.57. The maximum Gasteiger partial charge on any atom is 0.150 e. The van der Waals surface area contributed by atoms with Crippen LogP contribution in [0.5, 0.6) is 5.75 Å². The highest BCUT2D eigenvalue weighted by molar-refractivity contribution is 5.79. The van der Waals surface area contributed by atoms with Gasteiger partial charge in [0, 0.05) is 5.56 Å². The molecule has 1 aromatic rings. The van der Waals surface area contributed by atoms with Crippen molar-refractivity contribution in [2.45, 2.75) is 26.2 Å².